The van der Waals surface area contributed by atoms with Crippen LogP contribution in [0.3, 0.4) is 0 Å². The Hall–Kier alpha value is -3.94. The lowest BCUT2D eigenvalue weighted by Gasteiger charge is -2.40. The highest BCUT2D eigenvalue weighted by molar-refractivity contribution is 7.99. The highest BCUT2D eigenvalue weighted by Gasteiger charge is 2.50. The number of nitrogens with one attached hydrogen (secondary N) is 1. The van der Waals surface area contributed by atoms with E-state index in [1.807, 2.05) is 0 Å². The van der Waals surface area contributed by atoms with Crippen LogP contribution in [0.2, 0.25) is 0 Å². The number of carbonyl (C=O) groups excluding carboxylic acids is 2. The number of rotatable bonds is 6. The number of alkyl halides is 3. The SMILES string of the molecule is CC#CCN1c2c(nc(Oc3ccccc3C(=O)N3CCSC3)n(C)c2=O)N(OC(=O)C(F)(F)F)C1N1CCNCC1. The van der Waals surface area contributed by atoms with Gasteiger partial charge in [0.1, 0.15) is 5.75 Å². The van der Waals surface area contributed by atoms with Crippen LogP contribution >= 0.6 is 11.8 Å². The standard InChI is InChI=1S/C26H28F3N7O5S/c1-3-4-11-35-19-20(36(41-23(39)26(27,28)29)25(35)33-12-9-30-10-13-33)31-24(32(2)22(19)38)40-18-8-6-5-7-17(18)21(37)34-14-15-42-16-34/h5-8,25,30H,9-16H2,1-2H3. The van der Waals surface area contributed by atoms with Gasteiger partial charge in [0.15, 0.2) is 12.0 Å². The molecule has 3 aliphatic heterocycles. The lowest BCUT2D eigenvalue weighted by Crippen LogP contribution is -2.61. The van der Waals surface area contributed by atoms with Crippen molar-refractivity contribution in [3.05, 3.63) is 40.2 Å². The Labute approximate surface area is 243 Å². The Morgan fingerprint density at radius 1 is 1.19 bits per heavy atom. The maximum Gasteiger partial charge on any atom is 0.493 e. The first-order chi connectivity index (χ1) is 20.1. The molecular weight excluding hydrogens is 579 g/mol. The monoisotopic (exact) mass is 607 g/mol. The zero-order chi connectivity index (χ0) is 30.0. The van der Waals surface area contributed by atoms with Gasteiger partial charge in [-0.15, -0.1) is 22.7 Å². The van der Waals surface area contributed by atoms with Crippen LogP contribution in [-0.2, 0) is 16.7 Å². The highest BCUT2D eigenvalue weighted by atomic mass is 32.2. The quantitative estimate of drug-likeness (QED) is 0.483. The topological polar surface area (TPSA) is 112 Å². The van der Waals surface area contributed by atoms with E-state index in [1.165, 1.54) is 18.0 Å². The van der Waals surface area contributed by atoms with Crippen LogP contribution in [0.4, 0.5) is 24.7 Å². The van der Waals surface area contributed by atoms with Gasteiger partial charge in [0.05, 0.1) is 18.0 Å². The largest absolute Gasteiger partial charge is 0.493 e. The van der Waals surface area contributed by atoms with Crippen molar-refractivity contribution in [2.45, 2.75) is 19.4 Å². The second-order valence-electron chi connectivity index (χ2n) is 9.52. The van der Waals surface area contributed by atoms with Gasteiger partial charge in [-0.25, -0.2) is 4.79 Å². The molecule has 16 heteroatoms. The molecule has 12 nitrogen and oxygen atoms in total. The van der Waals surface area contributed by atoms with Crippen molar-refractivity contribution in [1.82, 2.24) is 24.7 Å². The molecule has 1 N–H and O–H groups in total. The van der Waals surface area contributed by atoms with E-state index in [0.29, 0.717) is 43.7 Å². The van der Waals surface area contributed by atoms with Gasteiger partial charge < -0.3 is 24.7 Å². The number of amides is 1. The molecule has 0 radical (unpaired) electrons. The number of hydrogen-bond acceptors (Lipinski definition) is 11. The van der Waals surface area contributed by atoms with Crippen molar-refractivity contribution < 1.29 is 32.3 Å². The average Bonchev–Trinajstić information content (AvgIpc) is 3.62. The Bertz CT molecular complexity index is 1480. The van der Waals surface area contributed by atoms with E-state index >= 15 is 0 Å². The number of para-hydroxylation sites is 1. The number of thioether (sulfide) groups is 1. The lowest BCUT2D eigenvalue weighted by atomic mass is 10.2. The van der Waals surface area contributed by atoms with Gasteiger partial charge >= 0.3 is 18.2 Å². The summed E-state index contributed by atoms with van der Waals surface area (Å²) in [5.41, 5.74) is -0.545. The third-order valence-corrected chi connectivity index (χ3v) is 7.83. The van der Waals surface area contributed by atoms with Crippen molar-refractivity contribution in [3.63, 3.8) is 0 Å². The van der Waals surface area contributed by atoms with Gasteiger partial charge in [-0.1, -0.05) is 18.1 Å². The lowest BCUT2D eigenvalue weighted by molar-refractivity contribution is -0.203. The number of halogens is 3. The fourth-order valence-electron chi connectivity index (χ4n) is 4.80. The molecule has 1 atom stereocenters. The normalized spacial score (nSPS) is 18.9. The number of hydroxylamine groups is 1. The zero-order valence-corrected chi connectivity index (χ0v) is 23.6. The molecule has 0 aliphatic carbocycles. The number of aromatic nitrogens is 2. The minimum absolute atomic E-state index is 0.0551. The molecule has 1 aromatic carbocycles. The van der Waals surface area contributed by atoms with Crippen LogP contribution in [0, 0.1) is 11.8 Å². The van der Waals surface area contributed by atoms with E-state index in [4.69, 9.17) is 9.57 Å². The van der Waals surface area contributed by atoms with Crippen LogP contribution < -0.4 is 25.6 Å². The number of ether oxygens (including phenoxy) is 1. The molecule has 0 saturated carbocycles. The molecule has 3 aliphatic rings. The maximum atomic E-state index is 13.8. The first kappa shape index (κ1) is 29.5. The van der Waals surface area contributed by atoms with E-state index in [-0.39, 0.29) is 41.3 Å². The molecule has 5 rings (SSSR count). The number of fused-ring (bicyclic) bond motifs is 1. The number of benzene rings is 1. The van der Waals surface area contributed by atoms with Gasteiger partial charge in [0.25, 0.3) is 11.5 Å². The molecule has 1 amide bonds. The fraction of sp³-hybridized carbons (Fsp3) is 0.462. The highest BCUT2D eigenvalue weighted by Crippen LogP contribution is 2.40. The fourth-order valence-corrected chi connectivity index (χ4v) is 5.74. The van der Waals surface area contributed by atoms with Crippen molar-refractivity contribution in [3.8, 4) is 23.6 Å². The summed E-state index contributed by atoms with van der Waals surface area (Å²) in [6.07, 6.45) is -6.44. The minimum Gasteiger partial charge on any atom is -0.425 e. The molecule has 4 heterocycles. The number of anilines is 2. The van der Waals surface area contributed by atoms with E-state index in [1.54, 1.807) is 46.7 Å². The number of carbonyl (C=O) groups is 2. The Kier molecular flexibility index (Phi) is 8.53. The first-order valence-electron chi connectivity index (χ1n) is 13.1. The number of hydrogen-bond donors (Lipinski definition) is 1. The third-order valence-electron chi connectivity index (χ3n) is 6.87. The molecule has 2 aromatic rings. The summed E-state index contributed by atoms with van der Waals surface area (Å²) in [6, 6.07) is 6.10. The summed E-state index contributed by atoms with van der Waals surface area (Å²) < 4.78 is 47.3. The van der Waals surface area contributed by atoms with Gasteiger partial charge in [-0.3, -0.25) is 19.1 Å². The Morgan fingerprint density at radius 3 is 2.60 bits per heavy atom. The van der Waals surface area contributed by atoms with E-state index < -0.39 is 24.0 Å². The Balaban J connectivity index is 1.60. The van der Waals surface area contributed by atoms with Gasteiger partial charge in [0.2, 0.25) is 5.82 Å². The van der Waals surface area contributed by atoms with Gasteiger partial charge in [0, 0.05) is 45.5 Å². The minimum atomic E-state index is -5.31. The summed E-state index contributed by atoms with van der Waals surface area (Å²) >= 11 is 1.61. The molecule has 1 unspecified atom stereocenters. The summed E-state index contributed by atoms with van der Waals surface area (Å²) in [5, 5.41) is 3.86. The summed E-state index contributed by atoms with van der Waals surface area (Å²) in [4.78, 5) is 53.2. The first-order valence-corrected chi connectivity index (χ1v) is 14.2. The van der Waals surface area contributed by atoms with Crippen LogP contribution in [-0.4, -0.2) is 94.6 Å². The molecule has 0 spiro atoms. The van der Waals surface area contributed by atoms with Crippen molar-refractivity contribution in [1.29, 1.82) is 0 Å². The van der Waals surface area contributed by atoms with E-state index in [2.05, 4.69) is 22.1 Å². The van der Waals surface area contributed by atoms with Gasteiger partial charge in [-0.2, -0.15) is 18.2 Å². The van der Waals surface area contributed by atoms with Gasteiger partial charge in [-0.05, 0) is 19.1 Å². The molecule has 2 fully saturated rings. The number of nitrogens with zero attached hydrogens (tertiary/aromatic N) is 6. The third kappa shape index (κ3) is 5.72. The summed E-state index contributed by atoms with van der Waals surface area (Å²) in [7, 11) is 1.39. The molecule has 42 heavy (non-hydrogen) atoms. The average molecular weight is 608 g/mol. The molecule has 224 valence electrons. The smallest absolute Gasteiger partial charge is 0.425 e. The predicted molar refractivity (Wildman–Crippen MR) is 148 cm³/mol. The predicted octanol–water partition coefficient (Wildman–Crippen LogP) is 1.58. The van der Waals surface area contributed by atoms with Crippen LogP contribution in [0.15, 0.2) is 29.1 Å². The molecule has 1 aromatic heterocycles. The van der Waals surface area contributed by atoms with Crippen LogP contribution in [0.5, 0.6) is 11.8 Å². The summed E-state index contributed by atoms with van der Waals surface area (Å²) in [5.74, 6) is 3.91. The maximum absolute atomic E-state index is 13.8. The Morgan fingerprint density at radius 2 is 1.93 bits per heavy atom. The second-order valence-corrected chi connectivity index (χ2v) is 10.6. The molecule has 2 saturated heterocycles. The van der Waals surface area contributed by atoms with Crippen LogP contribution in [0.1, 0.15) is 17.3 Å². The van der Waals surface area contributed by atoms with Crippen molar-refractivity contribution in [2.75, 3.05) is 60.9 Å². The number of piperazine rings is 1. The van der Waals surface area contributed by atoms with E-state index in [0.717, 1.165) is 10.3 Å². The van der Waals surface area contributed by atoms with Crippen molar-refractivity contribution in [2.24, 2.45) is 7.05 Å². The second kappa shape index (κ2) is 12.1. The zero-order valence-electron chi connectivity index (χ0n) is 22.8. The summed E-state index contributed by atoms with van der Waals surface area (Å²) in [6.45, 7) is 3.89. The molecular formula is C26H28F3N7O5S. The van der Waals surface area contributed by atoms with Crippen molar-refractivity contribution >= 4 is 35.1 Å². The van der Waals surface area contributed by atoms with E-state index in [9.17, 15) is 27.6 Å². The van der Waals surface area contributed by atoms with Crippen LogP contribution in [0.25, 0.3) is 0 Å². The molecule has 0 bridgehead atoms.